The molecular formula is C17H23NO3. The van der Waals surface area contributed by atoms with E-state index in [-0.39, 0.29) is 11.7 Å². The summed E-state index contributed by atoms with van der Waals surface area (Å²) in [6, 6.07) is 5.52. The summed E-state index contributed by atoms with van der Waals surface area (Å²) in [5, 5.41) is 10.1. The summed E-state index contributed by atoms with van der Waals surface area (Å²) in [6.45, 7) is 2.36. The van der Waals surface area contributed by atoms with Gasteiger partial charge in [0.05, 0.1) is 5.69 Å². The number of carbonyl (C=O) groups excluding carboxylic acids is 1. The average molecular weight is 289 g/mol. The van der Waals surface area contributed by atoms with Gasteiger partial charge in [-0.1, -0.05) is 12.1 Å². The summed E-state index contributed by atoms with van der Waals surface area (Å²) in [6.07, 6.45) is 5.60. The number of phenols is 1. The Bertz CT molecular complexity index is 509. The number of fused-ring (bicyclic) bond motifs is 1. The van der Waals surface area contributed by atoms with Crippen LogP contribution in [-0.4, -0.2) is 30.8 Å². The molecule has 0 aliphatic carbocycles. The topological polar surface area (TPSA) is 49.8 Å². The maximum atomic E-state index is 12.5. The van der Waals surface area contributed by atoms with Crippen molar-refractivity contribution in [1.82, 2.24) is 0 Å². The fraction of sp³-hybridized carbons (Fsp3) is 0.588. The van der Waals surface area contributed by atoms with E-state index in [4.69, 9.17) is 4.74 Å². The van der Waals surface area contributed by atoms with E-state index in [0.29, 0.717) is 18.9 Å². The van der Waals surface area contributed by atoms with Gasteiger partial charge >= 0.3 is 0 Å². The van der Waals surface area contributed by atoms with Gasteiger partial charge in [-0.3, -0.25) is 4.79 Å². The van der Waals surface area contributed by atoms with Crippen LogP contribution >= 0.6 is 0 Å². The van der Waals surface area contributed by atoms with Gasteiger partial charge in [-0.2, -0.15) is 0 Å². The maximum Gasteiger partial charge on any atom is 0.227 e. The Kier molecular flexibility index (Phi) is 4.44. The van der Waals surface area contributed by atoms with Crippen molar-refractivity contribution in [2.45, 2.75) is 38.5 Å². The van der Waals surface area contributed by atoms with Crippen LogP contribution in [0.25, 0.3) is 0 Å². The van der Waals surface area contributed by atoms with Crippen LogP contribution in [0.3, 0.4) is 0 Å². The normalized spacial score (nSPS) is 21.9. The van der Waals surface area contributed by atoms with Crippen LogP contribution in [-0.2, 0) is 16.0 Å². The van der Waals surface area contributed by atoms with Gasteiger partial charge in [0.1, 0.15) is 5.75 Å². The smallest absolute Gasteiger partial charge is 0.227 e. The van der Waals surface area contributed by atoms with Crippen LogP contribution in [0, 0.1) is 5.92 Å². The van der Waals surface area contributed by atoms with E-state index in [0.717, 1.165) is 56.6 Å². The number of hydrogen-bond donors (Lipinski definition) is 1. The highest BCUT2D eigenvalue weighted by molar-refractivity contribution is 5.96. The van der Waals surface area contributed by atoms with Gasteiger partial charge in [-0.25, -0.2) is 0 Å². The molecule has 2 heterocycles. The van der Waals surface area contributed by atoms with E-state index in [1.807, 2.05) is 12.1 Å². The Balaban J connectivity index is 1.66. The predicted octanol–water partition coefficient (Wildman–Crippen LogP) is 2.88. The van der Waals surface area contributed by atoms with Gasteiger partial charge in [0.15, 0.2) is 0 Å². The molecule has 0 radical (unpaired) electrons. The van der Waals surface area contributed by atoms with Gasteiger partial charge in [-0.15, -0.1) is 0 Å². The van der Waals surface area contributed by atoms with Crippen molar-refractivity contribution in [3.63, 3.8) is 0 Å². The van der Waals surface area contributed by atoms with Crippen LogP contribution in [0.2, 0.25) is 0 Å². The molecular weight excluding hydrogens is 266 g/mol. The van der Waals surface area contributed by atoms with Gasteiger partial charge in [0.2, 0.25) is 5.91 Å². The number of amides is 1. The van der Waals surface area contributed by atoms with E-state index < -0.39 is 0 Å². The molecule has 2 aliphatic heterocycles. The first kappa shape index (κ1) is 14.4. The van der Waals surface area contributed by atoms with E-state index in [2.05, 4.69) is 0 Å². The molecule has 4 nitrogen and oxygen atoms in total. The lowest BCUT2D eigenvalue weighted by Gasteiger charge is -2.31. The first-order valence-corrected chi connectivity index (χ1v) is 7.94. The van der Waals surface area contributed by atoms with Crippen molar-refractivity contribution >= 4 is 11.6 Å². The van der Waals surface area contributed by atoms with Crippen molar-refractivity contribution in [3.05, 3.63) is 23.8 Å². The molecule has 4 heteroatoms. The van der Waals surface area contributed by atoms with E-state index in [1.165, 1.54) is 0 Å². The zero-order chi connectivity index (χ0) is 14.7. The molecule has 0 aromatic heterocycles. The predicted molar refractivity (Wildman–Crippen MR) is 81.6 cm³/mol. The maximum absolute atomic E-state index is 12.5. The lowest BCUT2D eigenvalue weighted by molar-refractivity contribution is -0.119. The zero-order valence-electron chi connectivity index (χ0n) is 12.4. The second kappa shape index (κ2) is 6.48. The number of aromatic hydroxyl groups is 1. The molecule has 2 aliphatic rings. The van der Waals surface area contributed by atoms with Gasteiger partial charge in [-0.05, 0) is 49.7 Å². The second-order valence-corrected chi connectivity index (χ2v) is 6.06. The number of nitrogens with zero attached hydrogens (tertiary/aromatic N) is 1. The van der Waals surface area contributed by atoms with E-state index >= 15 is 0 Å². The lowest BCUT2D eigenvalue weighted by atomic mass is 9.95. The Morgan fingerprint density at radius 1 is 1.38 bits per heavy atom. The number of para-hydroxylation sites is 1. The summed E-state index contributed by atoms with van der Waals surface area (Å²) < 4.78 is 5.47. The first-order valence-electron chi connectivity index (χ1n) is 7.94. The van der Waals surface area contributed by atoms with Gasteiger partial charge in [0.25, 0.3) is 0 Å². The number of carbonyl (C=O) groups is 1. The highest BCUT2D eigenvalue weighted by Crippen LogP contribution is 2.36. The number of benzene rings is 1. The molecule has 1 fully saturated rings. The van der Waals surface area contributed by atoms with Crippen LogP contribution in [0.1, 0.15) is 37.7 Å². The second-order valence-electron chi connectivity index (χ2n) is 6.06. The van der Waals surface area contributed by atoms with Crippen LogP contribution < -0.4 is 4.90 Å². The minimum Gasteiger partial charge on any atom is -0.506 e. The third-order valence-corrected chi connectivity index (χ3v) is 4.52. The lowest BCUT2D eigenvalue weighted by Crippen LogP contribution is -2.35. The third-order valence-electron chi connectivity index (χ3n) is 4.52. The molecule has 1 unspecified atom stereocenters. The quantitative estimate of drug-likeness (QED) is 0.931. The SMILES string of the molecule is O=C(CCC1CCCOC1)N1CCCc2cccc(O)c21. The first-order chi connectivity index (χ1) is 10.3. The summed E-state index contributed by atoms with van der Waals surface area (Å²) in [5.41, 5.74) is 1.81. The fourth-order valence-electron chi connectivity index (χ4n) is 3.38. The van der Waals surface area contributed by atoms with Gasteiger partial charge in [0, 0.05) is 26.2 Å². The number of phenolic OH excluding ortho intramolecular Hbond substituents is 1. The molecule has 1 aromatic carbocycles. The van der Waals surface area contributed by atoms with Crippen molar-refractivity contribution < 1.29 is 14.6 Å². The summed E-state index contributed by atoms with van der Waals surface area (Å²) in [7, 11) is 0. The standard InChI is InChI=1S/C17H23NO3/c19-15-7-1-5-14-6-2-10-18(17(14)15)16(20)9-8-13-4-3-11-21-12-13/h1,5,7,13,19H,2-4,6,8-12H2. The Morgan fingerprint density at radius 3 is 3.10 bits per heavy atom. The molecule has 0 spiro atoms. The summed E-state index contributed by atoms with van der Waals surface area (Å²) in [4.78, 5) is 14.3. The summed E-state index contributed by atoms with van der Waals surface area (Å²) in [5.74, 6) is 0.862. The molecule has 1 atom stereocenters. The molecule has 1 saturated heterocycles. The number of ether oxygens (including phenoxy) is 1. The number of hydrogen-bond acceptors (Lipinski definition) is 3. The molecule has 0 saturated carbocycles. The molecule has 1 aromatic rings. The molecule has 1 amide bonds. The van der Waals surface area contributed by atoms with Crippen molar-refractivity contribution in [3.8, 4) is 5.75 Å². The summed E-state index contributed by atoms with van der Waals surface area (Å²) >= 11 is 0. The van der Waals surface area contributed by atoms with Crippen molar-refractivity contribution in [1.29, 1.82) is 0 Å². The van der Waals surface area contributed by atoms with E-state index in [1.54, 1.807) is 11.0 Å². The Labute approximate surface area is 125 Å². The highest BCUT2D eigenvalue weighted by atomic mass is 16.5. The third kappa shape index (κ3) is 3.21. The fourth-order valence-corrected chi connectivity index (χ4v) is 3.38. The average Bonchev–Trinajstić information content (AvgIpc) is 2.53. The number of aryl methyl sites for hydroxylation is 1. The Morgan fingerprint density at radius 2 is 2.29 bits per heavy atom. The van der Waals surface area contributed by atoms with Crippen LogP contribution in [0.4, 0.5) is 5.69 Å². The van der Waals surface area contributed by atoms with Crippen LogP contribution in [0.15, 0.2) is 18.2 Å². The highest BCUT2D eigenvalue weighted by Gasteiger charge is 2.26. The molecule has 1 N–H and O–H groups in total. The Hall–Kier alpha value is -1.55. The molecule has 0 bridgehead atoms. The molecule has 21 heavy (non-hydrogen) atoms. The number of anilines is 1. The zero-order valence-corrected chi connectivity index (χ0v) is 12.4. The largest absolute Gasteiger partial charge is 0.506 e. The number of rotatable bonds is 3. The molecule has 3 rings (SSSR count). The van der Waals surface area contributed by atoms with Gasteiger partial charge < -0.3 is 14.7 Å². The minimum absolute atomic E-state index is 0.128. The minimum atomic E-state index is 0.128. The van der Waals surface area contributed by atoms with Crippen molar-refractivity contribution in [2.24, 2.45) is 5.92 Å². The monoisotopic (exact) mass is 289 g/mol. The molecule has 114 valence electrons. The van der Waals surface area contributed by atoms with Crippen LogP contribution in [0.5, 0.6) is 5.75 Å². The van der Waals surface area contributed by atoms with Crippen molar-refractivity contribution in [2.75, 3.05) is 24.7 Å². The van der Waals surface area contributed by atoms with E-state index in [9.17, 15) is 9.90 Å².